The minimum atomic E-state index is 0.147. The minimum Gasteiger partial charge on any atom is -0.290 e. The van der Waals surface area contributed by atoms with Crippen LogP contribution >= 0.6 is 0 Å². The second-order valence-electron chi connectivity index (χ2n) is 4.94. The van der Waals surface area contributed by atoms with Crippen molar-refractivity contribution in [1.82, 2.24) is 4.90 Å². The van der Waals surface area contributed by atoms with Crippen molar-refractivity contribution in [1.29, 1.82) is 0 Å². The highest BCUT2D eigenvalue weighted by molar-refractivity contribution is 5.12. The summed E-state index contributed by atoms with van der Waals surface area (Å²) in [5, 5.41) is 0. The summed E-state index contributed by atoms with van der Waals surface area (Å²) in [7, 11) is 0. The predicted octanol–water partition coefficient (Wildman–Crippen LogP) is 2.52. The number of hydrogen-bond acceptors (Lipinski definition) is 1. The van der Waals surface area contributed by atoms with Crippen molar-refractivity contribution < 1.29 is 0 Å². The lowest BCUT2D eigenvalue weighted by molar-refractivity contribution is 0.307. The molecular formula is C12H21N. The van der Waals surface area contributed by atoms with Crippen LogP contribution in [-0.2, 0) is 0 Å². The van der Waals surface area contributed by atoms with E-state index in [4.69, 9.17) is 0 Å². The van der Waals surface area contributed by atoms with Crippen LogP contribution < -0.4 is 0 Å². The van der Waals surface area contributed by atoms with Gasteiger partial charge in [-0.15, -0.1) is 0 Å². The summed E-state index contributed by atoms with van der Waals surface area (Å²) >= 11 is 0. The maximum atomic E-state index is 3.34. The molecule has 0 radical (unpaired) electrons. The summed E-state index contributed by atoms with van der Waals surface area (Å²) in [6, 6.07) is 0.446. The lowest BCUT2D eigenvalue weighted by Crippen LogP contribution is -2.28. The summed E-state index contributed by atoms with van der Waals surface area (Å²) in [6.45, 7) is 11.2. The molecular weight excluding hydrogens is 158 g/mol. The molecule has 74 valence electrons. The maximum Gasteiger partial charge on any atom is 0.0686 e. The summed E-state index contributed by atoms with van der Waals surface area (Å²) in [5.74, 6) is 6.65. The molecule has 1 heteroatoms. The maximum absolute atomic E-state index is 3.34. The fourth-order valence-corrected chi connectivity index (χ4v) is 1.54. The monoisotopic (exact) mass is 179 g/mol. The first-order valence-corrected chi connectivity index (χ1v) is 5.26. The van der Waals surface area contributed by atoms with Crippen molar-refractivity contribution >= 4 is 0 Å². The quantitative estimate of drug-likeness (QED) is 0.559. The van der Waals surface area contributed by atoms with Gasteiger partial charge in [0, 0.05) is 5.41 Å². The Morgan fingerprint density at radius 2 is 1.69 bits per heavy atom. The molecule has 0 saturated carbocycles. The Kier molecular flexibility index (Phi) is 3.39. The smallest absolute Gasteiger partial charge is 0.0686 e. The molecule has 13 heavy (non-hydrogen) atoms. The van der Waals surface area contributed by atoms with E-state index in [0.717, 1.165) is 0 Å². The molecule has 0 spiro atoms. The van der Waals surface area contributed by atoms with E-state index >= 15 is 0 Å². The summed E-state index contributed by atoms with van der Waals surface area (Å²) in [5.41, 5.74) is 0.147. The fraction of sp³-hybridized carbons (Fsp3) is 0.833. The number of hydrogen-bond donors (Lipinski definition) is 0. The van der Waals surface area contributed by atoms with Gasteiger partial charge in [-0.1, -0.05) is 11.8 Å². The van der Waals surface area contributed by atoms with Gasteiger partial charge in [0.25, 0.3) is 0 Å². The van der Waals surface area contributed by atoms with Gasteiger partial charge in [0.15, 0.2) is 0 Å². The number of rotatable bonds is 1. The molecule has 1 aliphatic heterocycles. The molecule has 0 aromatic carbocycles. The molecule has 1 rings (SSSR count). The Labute approximate surface area is 82.5 Å². The number of likely N-dealkylation sites (tertiary alicyclic amines) is 1. The first-order chi connectivity index (χ1) is 5.99. The van der Waals surface area contributed by atoms with E-state index in [1.165, 1.54) is 25.9 Å². The van der Waals surface area contributed by atoms with Crippen LogP contribution in [0.5, 0.6) is 0 Å². The van der Waals surface area contributed by atoms with Gasteiger partial charge in [-0.3, -0.25) is 4.90 Å². The zero-order chi connectivity index (χ0) is 9.90. The second kappa shape index (κ2) is 4.15. The molecule has 1 fully saturated rings. The van der Waals surface area contributed by atoms with Crippen molar-refractivity contribution in [3.05, 3.63) is 0 Å². The van der Waals surface area contributed by atoms with Gasteiger partial charge < -0.3 is 0 Å². The highest BCUT2D eigenvalue weighted by atomic mass is 15.2. The van der Waals surface area contributed by atoms with Crippen LogP contribution in [0.3, 0.4) is 0 Å². The van der Waals surface area contributed by atoms with E-state index in [1.54, 1.807) is 0 Å². The second-order valence-corrected chi connectivity index (χ2v) is 4.94. The summed E-state index contributed by atoms with van der Waals surface area (Å²) in [4.78, 5) is 2.47. The Hall–Kier alpha value is -0.480. The Morgan fingerprint density at radius 3 is 2.15 bits per heavy atom. The molecule has 1 nitrogen and oxygen atoms in total. The molecule has 0 aromatic rings. The van der Waals surface area contributed by atoms with E-state index in [2.05, 4.69) is 44.4 Å². The highest BCUT2D eigenvalue weighted by Gasteiger charge is 2.16. The fourth-order valence-electron chi connectivity index (χ4n) is 1.54. The van der Waals surface area contributed by atoms with Crippen LogP contribution in [0, 0.1) is 17.3 Å². The van der Waals surface area contributed by atoms with E-state index in [0.29, 0.717) is 6.04 Å². The van der Waals surface area contributed by atoms with Crippen LogP contribution in [0.2, 0.25) is 0 Å². The number of nitrogens with zero attached hydrogens (tertiary/aromatic N) is 1. The van der Waals surface area contributed by atoms with Gasteiger partial charge in [0.1, 0.15) is 0 Å². The first kappa shape index (κ1) is 10.6. The van der Waals surface area contributed by atoms with E-state index in [1.807, 2.05) is 0 Å². The van der Waals surface area contributed by atoms with E-state index in [9.17, 15) is 0 Å². The molecule has 0 aromatic heterocycles. The lowest BCUT2D eigenvalue weighted by atomic mass is 9.97. The van der Waals surface area contributed by atoms with Crippen LogP contribution in [-0.4, -0.2) is 24.0 Å². The van der Waals surface area contributed by atoms with Gasteiger partial charge in [-0.25, -0.2) is 0 Å². The Balaban J connectivity index is 2.46. The summed E-state index contributed by atoms with van der Waals surface area (Å²) < 4.78 is 0. The Bertz CT molecular complexity index is 208. The van der Waals surface area contributed by atoms with Gasteiger partial charge in [-0.2, -0.15) is 0 Å². The van der Waals surface area contributed by atoms with Gasteiger partial charge in [-0.05, 0) is 53.6 Å². The molecule has 0 unspecified atom stereocenters. The molecule has 0 bridgehead atoms. The molecule has 1 saturated heterocycles. The Morgan fingerprint density at radius 1 is 1.15 bits per heavy atom. The largest absolute Gasteiger partial charge is 0.290 e. The van der Waals surface area contributed by atoms with Gasteiger partial charge >= 0.3 is 0 Å². The average molecular weight is 179 g/mol. The van der Waals surface area contributed by atoms with Crippen LogP contribution in [0.25, 0.3) is 0 Å². The SMILES string of the molecule is C[C@@H](C#CC(C)(C)C)N1CCCC1. The topological polar surface area (TPSA) is 3.24 Å². The predicted molar refractivity (Wildman–Crippen MR) is 57.5 cm³/mol. The zero-order valence-corrected chi connectivity index (χ0v) is 9.35. The van der Waals surface area contributed by atoms with Crippen molar-refractivity contribution in [3.8, 4) is 11.8 Å². The molecule has 1 atom stereocenters. The van der Waals surface area contributed by atoms with Crippen molar-refractivity contribution in [3.63, 3.8) is 0 Å². The van der Waals surface area contributed by atoms with Crippen molar-refractivity contribution in [2.24, 2.45) is 5.41 Å². The molecule has 0 N–H and O–H groups in total. The lowest BCUT2D eigenvalue weighted by Gasteiger charge is -2.19. The van der Waals surface area contributed by atoms with Crippen LogP contribution in [0.4, 0.5) is 0 Å². The van der Waals surface area contributed by atoms with Crippen LogP contribution in [0.15, 0.2) is 0 Å². The van der Waals surface area contributed by atoms with Crippen LogP contribution in [0.1, 0.15) is 40.5 Å². The van der Waals surface area contributed by atoms with E-state index < -0.39 is 0 Å². The minimum absolute atomic E-state index is 0.147. The van der Waals surface area contributed by atoms with Gasteiger partial charge in [0.2, 0.25) is 0 Å². The van der Waals surface area contributed by atoms with Gasteiger partial charge in [0.05, 0.1) is 6.04 Å². The first-order valence-electron chi connectivity index (χ1n) is 5.26. The highest BCUT2D eigenvalue weighted by Crippen LogP contribution is 2.13. The third-order valence-electron chi connectivity index (χ3n) is 2.34. The molecule has 1 aliphatic rings. The molecule has 0 aliphatic carbocycles. The summed E-state index contributed by atoms with van der Waals surface area (Å²) in [6.07, 6.45) is 2.70. The third kappa shape index (κ3) is 3.83. The standard InChI is InChI=1S/C12H21N/c1-11(7-8-12(2,3)4)13-9-5-6-10-13/h11H,5-6,9-10H2,1-4H3/t11-/m0/s1. The zero-order valence-electron chi connectivity index (χ0n) is 9.35. The molecule has 1 heterocycles. The third-order valence-corrected chi connectivity index (χ3v) is 2.34. The normalized spacial score (nSPS) is 20.9. The van der Waals surface area contributed by atoms with Crippen molar-refractivity contribution in [2.75, 3.05) is 13.1 Å². The average Bonchev–Trinajstić information content (AvgIpc) is 2.50. The van der Waals surface area contributed by atoms with Crippen molar-refractivity contribution in [2.45, 2.75) is 46.6 Å². The van der Waals surface area contributed by atoms with E-state index in [-0.39, 0.29) is 5.41 Å². The molecule has 0 amide bonds.